The molecule has 0 aromatic heterocycles. The van der Waals surface area contributed by atoms with Crippen molar-refractivity contribution in [2.24, 2.45) is 5.92 Å². The van der Waals surface area contributed by atoms with Crippen LogP contribution in [0.25, 0.3) is 11.1 Å². The monoisotopic (exact) mass is 296 g/mol. The highest BCUT2D eigenvalue weighted by molar-refractivity contribution is 5.77. The van der Waals surface area contributed by atoms with E-state index in [-0.39, 0.29) is 18.5 Å². The van der Waals surface area contributed by atoms with Crippen LogP contribution in [0.15, 0.2) is 48.5 Å². The maximum Gasteiger partial charge on any atom is 0.309 e. The Kier molecular flexibility index (Phi) is 4.14. The Balaban J connectivity index is 1.84. The standard InChI is InChI=1S/C19H20O3/c1-13(2)12-21-19(20)11-18-16-9-4-3-7-14(16)15-8-5-6-10-17(15)22-18/h3-10,13,18H,11-12H2,1-2H3. The molecule has 0 spiro atoms. The largest absolute Gasteiger partial charge is 0.484 e. The maximum absolute atomic E-state index is 12.0. The van der Waals surface area contributed by atoms with Gasteiger partial charge in [0.25, 0.3) is 0 Å². The van der Waals surface area contributed by atoms with Crippen molar-refractivity contribution < 1.29 is 14.3 Å². The van der Waals surface area contributed by atoms with Gasteiger partial charge in [0.05, 0.1) is 13.0 Å². The van der Waals surface area contributed by atoms with E-state index < -0.39 is 0 Å². The van der Waals surface area contributed by atoms with E-state index >= 15 is 0 Å². The fourth-order valence-electron chi connectivity index (χ4n) is 2.65. The van der Waals surface area contributed by atoms with Crippen molar-refractivity contribution in [3.63, 3.8) is 0 Å². The summed E-state index contributed by atoms with van der Waals surface area (Å²) in [6, 6.07) is 16.0. The predicted molar refractivity (Wildman–Crippen MR) is 85.7 cm³/mol. The lowest BCUT2D eigenvalue weighted by Gasteiger charge is -2.28. The quantitative estimate of drug-likeness (QED) is 0.786. The lowest BCUT2D eigenvalue weighted by molar-refractivity contribution is -0.146. The molecule has 1 atom stereocenters. The van der Waals surface area contributed by atoms with Gasteiger partial charge in [-0.25, -0.2) is 0 Å². The summed E-state index contributed by atoms with van der Waals surface area (Å²) in [5.41, 5.74) is 3.25. The van der Waals surface area contributed by atoms with Crippen LogP contribution in [0.4, 0.5) is 0 Å². The summed E-state index contributed by atoms with van der Waals surface area (Å²) in [7, 11) is 0. The zero-order valence-corrected chi connectivity index (χ0v) is 12.9. The summed E-state index contributed by atoms with van der Waals surface area (Å²) >= 11 is 0. The molecule has 0 aliphatic carbocycles. The molecule has 3 heteroatoms. The first kappa shape index (κ1) is 14.6. The Morgan fingerprint density at radius 3 is 2.55 bits per heavy atom. The molecule has 0 saturated carbocycles. The van der Waals surface area contributed by atoms with E-state index in [9.17, 15) is 4.79 Å². The van der Waals surface area contributed by atoms with Gasteiger partial charge >= 0.3 is 5.97 Å². The topological polar surface area (TPSA) is 35.5 Å². The maximum atomic E-state index is 12.0. The number of hydrogen-bond donors (Lipinski definition) is 0. The molecule has 1 aliphatic rings. The van der Waals surface area contributed by atoms with E-state index in [2.05, 4.69) is 6.07 Å². The van der Waals surface area contributed by atoms with Crippen LogP contribution in [0, 0.1) is 5.92 Å². The van der Waals surface area contributed by atoms with E-state index in [1.165, 1.54) is 0 Å². The van der Waals surface area contributed by atoms with Crippen molar-refractivity contribution >= 4 is 5.97 Å². The number of esters is 1. The molecule has 2 aromatic carbocycles. The third-order valence-corrected chi connectivity index (χ3v) is 3.68. The molecule has 0 radical (unpaired) electrons. The highest BCUT2D eigenvalue weighted by Gasteiger charge is 2.27. The van der Waals surface area contributed by atoms with Gasteiger partial charge in [-0.05, 0) is 17.5 Å². The molecule has 0 fully saturated rings. The molecule has 3 rings (SSSR count). The molecule has 114 valence electrons. The van der Waals surface area contributed by atoms with Gasteiger partial charge in [-0.2, -0.15) is 0 Å². The zero-order chi connectivity index (χ0) is 15.5. The second kappa shape index (κ2) is 6.22. The van der Waals surface area contributed by atoms with Crippen LogP contribution in [0.1, 0.15) is 31.9 Å². The molecule has 0 N–H and O–H groups in total. The highest BCUT2D eigenvalue weighted by atomic mass is 16.5. The predicted octanol–water partition coefficient (Wildman–Crippen LogP) is 4.38. The first-order valence-electron chi connectivity index (χ1n) is 7.65. The number of rotatable bonds is 4. The summed E-state index contributed by atoms with van der Waals surface area (Å²) in [5.74, 6) is 0.944. The fraction of sp³-hybridized carbons (Fsp3) is 0.316. The number of fused-ring (bicyclic) bond motifs is 3. The molecule has 0 bridgehead atoms. The van der Waals surface area contributed by atoms with E-state index in [1.807, 2.05) is 56.3 Å². The second-order valence-corrected chi connectivity index (χ2v) is 5.97. The first-order valence-corrected chi connectivity index (χ1v) is 7.65. The average molecular weight is 296 g/mol. The summed E-state index contributed by atoms with van der Waals surface area (Å²) < 4.78 is 11.3. The number of carbonyl (C=O) groups excluding carboxylic acids is 1. The summed E-state index contributed by atoms with van der Waals surface area (Å²) in [4.78, 5) is 12.0. The van der Waals surface area contributed by atoms with E-state index in [4.69, 9.17) is 9.47 Å². The van der Waals surface area contributed by atoms with Gasteiger partial charge in [0.2, 0.25) is 0 Å². The number of ether oxygens (including phenoxy) is 2. The van der Waals surface area contributed by atoms with Crippen LogP contribution in [0.3, 0.4) is 0 Å². The number of benzene rings is 2. The molecule has 3 nitrogen and oxygen atoms in total. The van der Waals surface area contributed by atoms with E-state index in [1.54, 1.807) is 0 Å². The van der Waals surface area contributed by atoms with Crippen LogP contribution in [0.5, 0.6) is 5.75 Å². The lowest BCUT2D eigenvalue weighted by Crippen LogP contribution is -2.20. The summed E-state index contributed by atoms with van der Waals surface area (Å²) in [6.45, 7) is 4.50. The molecule has 22 heavy (non-hydrogen) atoms. The van der Waals surface area contributed by atoms with Gasteiger partial charge < -0.3 is 9.47 Å². The minimum atomic E-state index is -0.286. The first-order chi connectivity index (χ1) is 10.6. The number of para-hydroxylation sites is 1. The molecule has 2 aromatic rings. The van der Waals surface area contributed by atoms with Crippen LogP contribution in [-0.2, 0) is 9.53 Å². The number of carbonyl (C=O) groups is 1. The van der Waals surface area contributed by atoms with Crippen molar-refractivity contribution in [2.45, 2.75) is 26.4 Å². The van der Waals surface area contributed by atoms with Crippen molar-refractivity contribution in [1.29, 1.82) is 0 Å². The second-order valence-electron chi connectivity index (χ2n) is 5.97. The Labute approximate surface area is 130 Å². The van der Waals surface area contributed by atoms with Crippen LogP contribution < -0.4 is 4.74 Å². The summed E-state index contributed by atoms with van der Waals surface area (Å²) in [6.07, 6.45) is -0.0521. The normalized spacial score (nSPS) is 15.7. The van der Waals surface area contributed by atoms with Crippen LogP contribution in [0.2, 0.25) is 0 Å². The van der Waals surface area contributed by atoms with Crippen molar-refractivity contribution in [3.05, 3.63) is 54.1 Å². The third-order valence-electron chi connectivity index (χ3n) is 3.68. The molecule has 0 amide bonds. The minimum Gasteiger partial charge on any atom is -0.484 e. The summed E-state index contributed by atoms with van der Waals surface area (Å²) in [5, 5.41) is 0. The average Bonchev–Trinajstić information content (AvgIpc) is 2.53. The van der Waals surface area contributed by atoms with Gasteiger partial charge in [-0.15, -0.1) is 0 Å². The Morgan fingerprint density at radius 2 is 1.77 bits per heavy atom. The lowest BCUT2D eigenvalue weighted by atomic mass is 9.91. The van der Waals surface area contributed by atoms with Crippen molar-refractivity contribution in [1.82, 2.24) is 0 Å². The van der Waals surface area contributed by atoms with Crippen LogP contribution in [-0.4, -0.2) is 12.6 Å². The van der Waals surface area contributed by atoms with Gasteiger partial charge in [0.1, 0.15) is 11.9 Å². The molecule has 0 saturated heterocycles. The molecular formula is C19H20O3. The van der Waals surface area contributed by atoms with Crippen molar-refractivity contribution in [3.8, 4) is 16.9 Å². The molecule has 1 heterocycles. The van der Waals surface area contributed by atoms with E-state index in [0.717, 1.165) is 22.4 Å². The van der Waals surface area contributed by atoms with Crippen molar-refractivity contribution in [2.75, 3.05) is 6.61 Å². The Hall–Kier alpha value is -2.29. The third kappa shape index (κ3) is 2.98. The zero-order valence-electron chi connectivity index (χ0n) is 12.9. The van der Waals surface area contributed by atoms with Gasteiger partial charge in [0, 0.05) is 11.1 Å². The SMILES string of the molecule is CC(C)COC(=O)CC1Oc2ccccc2-c2ccccc21. The molecule has 1 unspecified atom stereocenters. The van der Waals surface area contributed by atoms with Gasteiger partial charge in [-0.3, -0.25) is 4.79 Å². The minimum absolute atomic E-state index is 0.215. The van der Waals surface area contributed by atoms with Gasteiger partial charge in [0.15, 0.2) is 0 Å². The fourth-order valence-corrected chi connectivity index (χ4v) is 2.65. The molecular weight excluding hydrogens is 276 g/mol. The van der Waals surface area contributed by atoms with Gasteiger partial charge in [-0.1, -0.05) is 56.3 Å². The van der Waals surface area contributed by atoms with E-state index in [0.29, 0.717) is 12.5 Å². The highest BCUT2D eigenvalue weighted by Crippen LogP contribution is 2.43. The Morgan fingerprint density at radius 1 is 1.09 bits per heavy atom. The Bertz CT molecular complexity index is 676. The molecule has 1 aliphatic heterocycles. The smallest absolute Gasteiger partial charge is 0.309 e. The number of hydrogen-bond acceptors (Lipinski definition) is 3. The van der Waals surface area contributed by atoms with Crippen LogP contribution >= 0.6 is 0 Å².